The molecule has 0 bridgehead atoms. The highest BCUT2D eigenvalue weighted by Gasteiger charge is 2.38. The molecule has 114 valence electrons. The van der Waals surface area contributed by atoms with E-state index < -0.39 is 0 Å². The van der Waals surface area contributed by atoms with Crippen LogP contribution in [0.3, 0.4) is 0 Å². The largest absolute Gasteiger partial charge is 0.383 e. The topological polar surface area (TPSA) is 51.4 Å². The van der Waals surface area contributed by atoms with Gasteiger partial charge in [-0.15, -0.1) is 0 Å². The molecule has 0 fully saturated rings. The lowest BCUT2D eigenvalue weighted by molar-refractivity contribution is -0.0191. The minimum absolute atomic E-state index is 0.144. The molecule has 4 heteroatoms. The van der Waals surface area contributed by atoms with Crippen LogP contribution in [0.1, 0.15) is 32.2 Å². The van der Waals surface area contributed by atoms with Crippen molar-refractivity contribution >= 4 is 0 Å². The molecule has 0 spiro atoms. The summed E-state index contributed by atoms with van der Waals surface area (Å²) in [6.45, 7) is 11.5. The summed E-state index contributed by atoms with van der Waals surface area (Å²) in [5, 5.41) is 0. The molecule has 0 aliphatic heterocycles. The van der Waals surface area contributed by atoms with Crippen LogP contribution in [0.5, 0.6) is 0 Å². The Hall–Kier alpha value is -0.970. The molecular weight excluding hydrogens is 250 g/mol. The van der Waals surface area contributed by atoms with Crippen molar-refractivity contribution in [3.63, 3.8) is 0 Å². The van der Waals surface area contributed by atoms with E-state index in [0.29, 0.717) is 19.1 Å². The molecule has 0 saturated heterocycles. The number of nitrogens with zero attached hydrogens (tertiary/aromatic N) is 2. The average Bonchev–Trinajstić information content (AvgIpc) is 2.42. The number of methoxy groups -OCH3 is 1. The standard InChI is InChI=1S/C16H29N3O/c1-6-19(10-15-9-7-8-14(4)18-15)16(11-17,12-20-5)13(2)3/h7-9,13H,6,10-12,17H2,1-5H3. The summed E-state index contributed by atoms with van der Waals surface area (Å²) < 4.78 is 5.46. The fourth-order valence-electron chi connectivity index (χ4n) is 2.76. The maximum absolute atomic E-state index is 6.11. The number of pyridine rings is 1. The molecule has 0 saturated carbocycles. The van der Waals surface area contributed by atoms with Crippen LogP contribution in [0.4, 0.5) is 0 Å². The number of hydrogen-bond acceptors (Lipinski definition) is 4. The minimum Gasteiger partial charge on any atom is -0.383 e. The third-order valence-electron chi connectivity index (χ3n) is 4.13. The zero-order valence-electron chi connectivity index (χ0n) is 13.5. The Morgan fingerprint density at radius 1 is 1.40 bits per heavy atom. The zero-order chi connectivity index (χ0) is 15.2. The third-order valence-corrected chi connectivity index (χ3v) is 4.13. The number of nitrogens with two attached hydrogens (primary N) is 1. The van der Waals surface area contributed by atoms with Gasteiger partial charge in [-0.25, -0.2) is 0 Å². The molecule has 1 aromatic rings. The number of hydrogen-bond donors (Lipinski definition) is 1. The van der Waals surface area contributed by atoms with Crippen molar-refractivity contribution in [2.75, 3.05) is 26.8 Å². The van der Waals surface area contributed by atoms with Crippen molar-refractivity contribution in [1.82, 2.24) is 9.88 Å². The van der Waals surface area contributed by atoms with E-state index in [0.717, 1.165) is 24.5 Å². The van der Waals surface area contributed by atoms with Crippen LogP contribution in [0, 0.1) is 12.8 Å². The van der Waals surface area contributed by atoms with E-state index in [1.807, 2.05) is 13.0 Å². The molecule has 20 heavy (non-hydrogen) atoms. The quantitative estimate of drug-likeness (QED) is 0.792. The second-order valence-electron chi connectivity index (χ2n) is 5.68. The second kappa shape index (κ2) is 7.72. The van der Waals surface area contributed by atoms with Crippen molar-refractivity contribution in [2.45, 2.75) is 39.8 Å². The number of ether oxygens (including phenoxy) is 1. The van der Waals surface area contributed by atoms with Crippen LogP contribution in [-0.4, -0.2) is 42.2 Å². The molecule has 1 rings (SSSR count). The Kier molecular flexibility index (Phi) is 6.59. The second-order valence-corrected chi connectivity index (χ2v) is 5.68. The lowest BCUT2D eigenvalue weighted by Gasteiger charge is -2.45. The van der Waals surface area contributed by atoms with E-state index in [1.54, 1.807) is 7.11 Å². The molecular formula is C16H29N3O. The summed E-state index contributed by atoms with van der Waals surface area (Å²) in [7, 11) is 1.74. The molecule has 0 aliphatic carbocycles. The Balaban J connectivity index is 3.01. The maximum Gasteiger partial charge on any atom is 0.0661 e. The average molecular weight is 279 g/mol. The molecule has 1 atom stereocenters. The summed E-state index contributed by atoms with van der Waals surface area (Å²) in [6, 6.07) is 6.15. The highest BCUT2D eigenvalue weighted by atomic mass is 16.5. The lowest BCUT2D eigenvalue weighted by Crippen LogP contribution is -2.60. The summed E-state index contributed by atoms with van der Waals surface area (Å²) in [5.74, 6) is 0.414. The Bertz CT molecular complexity index is 408. The van der Waals surface area contributed by atoms with Gasteiger partial charge in [0.25, 0.3) is 0 Å². The van der Waals surface area contributed by atoms with Gasteiger partial charge in [-0.2, -0.15) is 0 Å². The summed E-state index contributed by atoms with van der Waals surface area (Å²) in [6.07, 6.45) is 0. The van der Waals surface area contributed by atoms with E-state index in [1.165, 1.54) is 0 Å². The Morgan fingerprint density at radius 3 is 2.55 bits per heavy atom. The first kappa shape index (κ1) is 17.1. The van der Waals surface area contributed by atoms with Crippen molar-refractivity contribution in [2.24, 2.45) is 11.7 Å². The van der Waals surface area contributed by atoms with Crippen LogP contribution < -0.4 is 5.73 Å². The fourth-order valence-corrected chi connectivity index (χ4v) is 2.76. The van der Waals surface area contributed by atoms with Gasteiger partial charge in [0.15, 0.2) is 0 Å². The van der Waals surface area contributed by atoms with Crippen molar-refractivity contribution in [1.29, 1.82) is 0 Å². The van der Waals surface area contributed by atoms with Crippen molar-refractivity contribution < 1.29 is 4.74 Å². The van der Waals surface area contributed by atoms with E-state index >= 15 is 0 Å². The molecule has 1 heterocycles. The van der Waals surface area contributed by atoms with E-state index in [4.69, 9.17) is 10.5 Å². The van der Waals surface area contributed by atoms with E-state index in [-0.39, 0.29) is 5.54 Å². The zero-order valence-corrected chi connectivity index (χ0v) is 13.5. The van der Waals surface area contributed by atoms with Gasteiger partial charge in [0, 0.05) is 25.9 Å². The number of aryl methyl sites for hydroxylation is 1. The number of rotatable bonds is 8. The first-order valence-corrected chi connectivity index (χ1v) is 7.36. The SMILES string of the molecule is CCN(Cc1cccc(C)n1)C(CN)(COC)C(C)C. The predicted octanol–water partition coefficient (Wildman–Crippen LogP) is 2.21. The van der Waals surface area contributed by atoms with Crippen LogP contribution in [0.15, 0.2) is 18.2 Å². The molecule has 0 radical (unpaired) electrons. The van der Waals surface area contributed by atoms with Gasteiger partial charge in [0.2, 0.25) is 0 Å². The predicted molar refractivity (Wildman–Crippen MR) is 83.6 cm³/mol. The van der Waals surface area contributed by atoms with Crippen LogP contribution in [0.25, 0.3) is 0 Å². The Labute approximate surface area is 123 Å². The molecule has 2 N–H and O–H groups in total. The highest BCUT2D eigenvalue weighted by Crippen LogP contribution is 2.26. The van der Waals surface area contributed by atoms with Crippen molar-refractivity contribution in [3.8, 4) is 0 Å². The number of aromatic nitrogens is 1. The first-order chi connectivity index (χ1) is 9.50. The normalized spacial score (nSPS) is 14.8. The third kappa shape index (κ3) is 3.78. The summed E-state index contributed by atoms with van der Waals surface area (Å²) >= 11 is 0. The molecule has 1 unspecified atom stereocenters. The smallest absolute Gasteiger partial charge is 0.0661 e. The monoisotopic (exact) mass is 279 g/mol. The molecule has 0 aliphatic rings. The van der Waals surface area contributed by atoms with Crippen LogP contribution >= 0.6 is 0 Å². The lowest BCUT2D eigenvalue weighted by atomic mass is 9.85. The molecule has 0 aromatic carbocycles. The van der Waals surface area contributed by atoms with Gasteiger partial charge in [-0.1, -0.05) is 26.8 Å². The van der Waals surface area contributed by atoms with Gasteiger partial charge < -0.3 is 10.5 Å². The van der Waals surface area contributed by atoms with Gasteiger partial charge in [0.1, 0.15) is 0 Å². The molecule has 1 aromatic heterocycles. The van der Waals surface area contributed by atoms with E-state index in [9.17, 15) is 0 Å². The van der Waals surface area contributed by atoms with Crippen molar-refractivity contribution in [3.05, 3.63) is 29.6 Å². The minimum atomic E-state index is -0.144. The van der Waals surface area contributed by atoms with Crippen LogP contribution in [0.2, 0.25) is 0 Å². The van der Waals surface area contributed by atoms with Gasteiger partial charge >= 0.3 is 0 Å². The number of likely N-dealkylation sites (N-methyl/N-ethyl adjacent to an activating group) is 1. The fraction of sp³-hybridized carbons (Fsp3) is 0.688. The van der Waals surface area contributed by atoms with Gasteiger partial charge in [-0.05, 0) is 31.5 Å². The maximum atomic E-state index is 6.11. The Morgan fingerprint density at radius 2 is 2.10 bits per heavy atom. The van der Waals surface area contributed by atoms with Gasteiger partial charge in [0.05, 0.1) is 17.8 Å². The first-order valence-electron chi connectivity index (χ1n) is 7.36. The summed E-state index contributed by atoms with van der Waals surface area (Å²) in [5.41, 5.74) is 8.10. The summed E-state index contributed by atoms with van der Waals surface area (Å²) in [4.78, 5) is 7.00. The molecule has 4 nitrogen and oxygen atoms in total. The highest BCUT2D eigenvalue weighted by molar-refractivity contribution is 5.11. The van der Waals surface area contributed by atoms with Gasteiger partial charge in [-0.3, -0.25) is 9.88 Å². The van der Waals surface area contributed by atoms with E-state index in [2.05, 4.69) is 42.8 Å². The van der Waals surface area contributed by atoms with Crippen LogP contribution in [-0.2, 0) is 11.3 Å². The molecule has 0 amide bonds.